The molecule has 0 radical (unpaired) electrons. The maximum atomic E-state index is 12.8. The van der Waals surface area contributed by atoms with Crippen molar-refractivity contribution in [3.8, 4) is 0 Å². The fraction of sp³-hybridized carbons (Fsp3) is 0.316. The molecule has 0 unspecified atom stereocenters. The number of alkyl halides is 3. The summed E-state index contributed by atoms with van der Waals surface area (Å²) in [6.07, 6.45) is -4.13. The number of nitro benzene ring substituents is 1. The third kappa shape index (κ3) is 4.57. The van der Waals surface area contributed by atoms with E-state index in [1.165, 1.54) is 0 Å². The highest BCUT2D eigenvalue weighted by atomic mass is 19.4. The van der Waals surface area contributed by atoms with Gasteiger partial charge in [-0.2, -0.15) is 13.2 Å². The van der Waals surface area contributed by atoms with E-state index in [0.29, 0.717) is 24.2 Å². The van der Waals surface area contributed by atoms with Crippen LogP contribution < -0.4 is 16.4 Å². The Hall–Kier alpha value is -3.70. The Morgan fingerprint density at radius 2 is 1.87 bits per heavy atom. The van der Waals surface area contributed by atoms with Crippen molar-refractivity contribution in [3.63, 3.8) is 0 Å². The third-order valence-electron chi connectivity index (χ3n) is 4.79. The summed E-state index contributed by atoms with van der Waals surface area (Å²) in [5, 5.41) is 11.1. The Balaban J connectivity index is 1.85. The number of ketones is 1. The van der Waals surface area contributed by atoms with Crippen LogP contribution in [0.3, 0.4) is 0 Å². The Bertz CT molecular complexity index is 1150. The van der Waals surface area contributed by atoms with Crippen LogP contribution in [-0.4, -0.2) is 21.6 Å². The molecular weight excluding hydrogens is 421 g/mol. The van der Waals surface area contributed by atoms with E-state index in [0.717, 1.165) is 12.1 Å². The minimum Gasteiger partial charge on any atom is -0.325 e. The second-order valence-electron chi connectivity index (χ2n) is 7.91. The fourth-order valence-electron chi connectivity index (χ4n) is 3.35. The number of amides is 1. The number of hydrogen-bond acceptors (Lipinski definition) is 6. The molecule has 0 saturated carbocycles. The number of halogens is 3. The molecule has 9 nitrogen and oxygen atoms in total. The van der Waals surface area contributed by atoms with Crippen LogP contribution in [0.1, 0.15) is 52.2 Å². The van der Waals surface area contributed by atoms with E-state index >= 15 is 0 Å². The lowest BCUT2D eigenvalue weighted by atomic mass is 9.75. The first kappa shape index (κ1) is 22.0. The first-order chi connectivity index (χ1) is 14.3. The summed E-state index contributed by atoms with van der Waals surface area (Å²) in [6, 6.07) is 2.85. The molecule has 31 heavy (non-hydrogen) atoms. The average molecular weight is 438 g/mol. The number of nitro groups is 1. The number of anilines is 1. The van der Waals surface area contributed by atoms with Crippen molar-refractivity contribution in [2.24, 2.45) is 5.41 Å². The van der Waals surface area contributed by atoms with Crippen molar-refractivity contribution in [2.75, 3.05) is 5.43 Å². The van der Waals surface area contributed by atoms with Gasteiger partial charge < -0.3 is 4.98 Å². The van der Waals surface area contributed by atoms with Gasteiger partial charge in [-0.25, -0.2) is 0 Å². The number of aromatic amines is 1. The van der Waals surface area contributed by atoms with E-state index in [4.69, 9.17) is 0 Å². The highest BCUT2D eigenvalue weighted by Crippen LogP contribution is 2.35. The van der Waals surface area contributed by atoms with E-state index in [1.807, 2.05) is 19.3 Å². The normalized spacial score (nSPS) is 15.2. The van der Waals surface area contributed by atoms with Gasteiger partial charge >= 0.3 is 6.18 Å². The van der Waals surface area contributed by atoms with E-state index in [1.54, 1.807) is 0 Å². The Labute approximate surface area is 172 Å². The van der Waals surface area contributed by atoms with Gasteiger partial charge in [-0.15, -0.1) is 0 Å². The third-order valence-corrected chi connectivity index (χ3v) is 4.79. The van der Waals surface area contributed by atoms with Crippen molar-refractivity contribution < 1.29 is 27.7 Å². The van der Waals surface area contributed by atoms with Gasteiger partial charge in [0.25, 0.3) is 17.2 Å². The minimum absolute atomic E-state index is 0.199. The number of hydrazine groups is 1. The van der Waals surface area contributed by atoms with Crippen molar-refractivity contribution in [1.29, 1.82) is 0 Å². The molecule has 0 spiro atoms. The van der Waals surface area contributed by atoms with Crippen LogP contribution in [0, 0.1) is 15.5 Å². The first-order valence-electron chi connectivity index (χ1n) is 9.00. The van der Waals surface area contributed by atoms with E-state index in [-0.39, 0.29) is 23.2 Å². The fourth-order valence-corrected chi connectivity index (χ4v) is 3.35. The van der Waals surface area contributed by atoms with Crippen LogP contribution in [0.25, 0.3) is 0 Å². The number of benzene rings is 1. The smallest absolute Gasteiger partial charge is 0.325 e. The largest absolute Gasteiger partial charge is 0.416 e. The molecule has 1 aliphatic carbocycles. The standard InChI is InChI=1S/C19H17F3N4O5/c1-18(2)7-13-10(15(27)8-18)6-11(16(28)23-13)17(29)25-24-12-4-3-9(19(20,21)22)5-14(12)26(30)31/h3-6,24H,7-8H2,1-2H3,(H,23,28)(H,25,29). The average Bonchev–Trinajstić information content (AvgIpc) is 2.63. The summed E-state index contributed by atoms with van der Waals surface area (Å²) in [4.78, 5) is 49.7. The van der Waals surface area contributed by atoms with Gasteiger partial charge in [0.15, 0.2) is 5.78 Å². The number of pyridine rings is 1. The number of aromatic nitrogens is 1. The van der Waals surface area contributed by atoms with Crippen molar-refractivity contribution in [3.05, 3.63) is 67.1 Å². The Morgan fingerprint density at radius 3 is 2.48 bits per heavy atom. The summed E-state index contributed by atoms with van der Waals surface area (Å²) in [7, 11) is 0. The molecular formula is C19H17F3N4O5. The second-order valence-corrected chi connectivity index (χ2v) is 7.91. The van der Waals surface area contributed by atoms with Gasteiger partial charge in [0, 0.05) is 23.7 Å². The summed E-state index contributed by atoms with van der Waals surface area (Å²) in [5.41, 5.74) is 0.691. The number of fused-ring (bicyclic) bond motifs is 1. The van der Waals surface area contributed by atoms with Gasteiger partial charge in [-0.3, -0.25) is 35.3 Å². The molecule has 3 rings (SSSR count). The highest BCUT2D eigenvalue weighted by molar-refractivity contribution is 6.02. The summed E-state index contributed by atoms with van der Waals surface area (Å²) < 4.78 is 38.3. The molecule has 1 aliphatic rings. The Morgan fingerprint density at radius 1 is 1.19 bits per heavy atom. The summed E-state index contributed by atoms with van der Waals surface area (Å²) in [5.74, 6) is -1.27. The monoisotopic (exact) mass is 438 g/mol. The first-order valence-corrected chi connectivity index (χ1v) is 9.00. The number of H-pyrrole nitrogens is 1. The highest BCUT2D eigenvalue weighted by Gasteiger charge is 2.34. The van der Waals surface area contributed by atoms with Crippen molar-refractivity contribution >= 4 is 23.1 Å². The number of nitrogens with zero attached hydrogens (tertiary/aromatic N) is 1. The number of carbonyl (C=O) groups excluding carboxylic acids is 2. The predicted octanol–water partition coefficient (Wildman–Crippen LogP) is 3.21. The molecule has 3 N–H and O–H groups in total. The molecule has 1 aromatic carbocycles. The zero-order valence-corrected chi connectivity index (χ0v) is 16.3. The SMILES string of the molecule is CC1(C)CC(=O)c2cc(C(=O)NNc3ccc(C(F)(F)F)cc3[N+](=O)[O-])c(=O)[nH]c2C1. The van der Waals surface area contributed by atoms with Crippen LogP contribution in [0.4, 0.5) is 24.5 Å². The minimum atomic E-state index is -4.79. The molecule has 12 heteroatoms. The molecule has 2 aromatic rings. The van der Waals surface area contributed by atoms with Crippen LogP contribution in [-0.2, 0) is 12.6 Å². The van der Waals surface area contributed by atoms with Crippen LogP contribution in [0.15, 0.2) is 29.1 Å². The number of nitrogens with one attached hydrogen (secondary N) is 3. The molecule has 0 saturated heterocycles. The van der Waals surface area contributed by atoms with Gasteiger partial charge in [0.05, 0.1) is 10.5 Å². The van der Waals surface area contributed by atoms with Gasteiger partial charge in [0.1, 0.15) is 11.3 Å². The number of carbonyl (C=O) groups is 2. The van der Waals surface area contributed by atoms with Crippen molar-refractivity contribution in [2.45, 2.75) is 32.9 Å². The summed E-state index contributed by atoms with van der Waals surface area (Å²) in [6.45, 7) is 3.74. The molecule has 0 aliphatic heterocycles. The number of hydrogen-bond donors (Lipinski definition) is 3. The van der Waals surface area contributed by atoms with Crippen LogP contribution >= 0.6 is 0 Å². The molecule has 0 bridgehead atoms. The van der Waals surface area contributed by atoms with E-state index in [9.17, 15) is 37.7 Å². The number of Topliss-reactive ketones (excluding diaryl/α,β-unsaturated/α-hetero) is 1. The molecule has 1 heterocycles. The van der Waals surface area contributed by atoms with E-state index < -0.39 is 45.1 Å². The molecule has 0 fully saturated rings. The molecule has 1 aromatic heterocycles. The van der Waals surface area contributed by atoms with Gasteiger partial charge in [0.2, 0.25) is 0 Å². The lowest BCUT2D eigenvalue weighted by Crippen LogP contribution is -2.36. The lowest BCUT2D eigenvalue weighted by molar-refractivity contribution is -0.384. The van der Waals surface area contributed by atoms with Crippen molar-refractivity contribution in [1.82, 2.24) is 10.4 Å². The zero-order chi connectivity index (χ0) is 23.1. The maximum absolute atomic E-state index is 12.8. The van der Waals surface area contributed by atoms with Crippen LogP contribution in [0.2, 0.25) is 0 Å². The number of rotatable bonds is 4. The molecule has 164 valence electrons. The second kappa shape index (κ2) is 7.52. The Kier molecular flexibility index (Phi) is 5.34. The predicted molar refractivity (Wildman–Crippen MR) is 103 cm³/mol. The molecule has 0 atom stereocenters. The quantitative estimate of drug-likeness (QED) is 0.496. The summed E-state index contributed by atoms with van der Waals surface area (Å²) >= 11 is 0. The van der Waals surface area contributed by atoms with E-state index in [2.05, 4.69) is 10.4 Å². The topological polar surface area (TPSA) is 134 Å². The van der Waals surface area contributed by atoms with Gasteiger partial charge in [-0.05, 0) is 30.0 Å². The molecule has 1 amide bonds. The maximum Gasteiger partial charge on any atom is 0.416 e. The van der Waals surface area contributed by atoms with Gasteiger partial charge in [-0.1, -0.05) is 13.8 Å². The zero-order valence-electron chi connectivity index (χ0n) is 16.3. The van der Waals surface area contributed by atoms with Crippen LogP contribution in [0.5, 0.6) is 0 Å². The lowest BCUT2D eigenvalue weighted by Gasteiger charge is -2.29.